The Bertz CT molecular complexity index is 419. The van der Waals surface area contributed by atoms with Crippen LogP contribution in [0.1, 0.15) is 38.2 Å². The third kappa shape index (κ3) is 7.14. The van der Waals surface area contributed by atoms with E-state index >= 15 is 0 Å². The molecule has 0 aliphatic heterocycles. The number of rotatable bonds is 8. The summed E-state index contributed by atoms with van der Waals surface area (Å²) in [4.78, 5) is 22.5. The van der Waals surface area contributed by atoms with Crippen LogP contribution in [-0.4, -0.2) is 17.5 Å². The molecule has 0 heterocycles. The van der Waals surface area contributed by atoms with Gasteiger partial charge in [0.1, 0.15) is 12.7 Å². The lowest BCUT2D eigenvalue weighted by molar-refractivity contribution is -0.147. The van der Waals surface area contributed by atoms with E-state index in [4.69, 9.17) is 21.1 Å². The van der Waals surface area contributed by atoms with Crippen LogP contribution in [0.4, 0.5) is 4.79 Å². The van der Waals surface area contributed by atoms with Crippen LogP contribution in [0.3, 0.4) is 0 Å². The maximum atomic E-state index is 11.7. The lowest BCUT2D eigenvalue weighted by Crippen LogP contribution is -2.20. The second-order valence-corrected chi connectivity index (χ2v) is 4.78. The average Bonchev–Trinajstić information content (AvgIpc) is 2.43. The summed E-state index contributed by atoms with van der Waals surface area (Å²) in [7, 11) is 0. The normalized spacial score (nSPS) is 11.7. The van der Waals surface area contributed by atoms with Crippen LogP contribution in [0.5, 0.6) is 0 Å². The van der Waals surface area contributed by atoms with Gasteiger partial charge in [0.15, 0.2) is 0 Å². The molecule has 0 N–H and O–H groups in total. The zero-order chi connectivity index (χ0) is 14.8. The van der Waals surface area contributed by atoms with Gasteiger partial charge in [-0.1, -0.05) is 50.1 Å². The number of hydrogen-bond donors (Lipinski definition) is 0. The first-order valence-corrected chi connectivity index (χ1v) is 7.05. The Balaban J connectivity index is 2.38. The molecule has 0 aliphatic carbocycles. The van der Waals surface area contributed by atoms with E-state index in [0.717, 1.165) is 18.4 Å². The molecule has 20 heavy (non-hydrogen) atoms. The third-order valence-corrected chi connectivity index (χ3v) is 2.87. The topological polar surface area (TPSA) is 52.6 Å². The Morgan fingerprint density at radius 2 is 1.95 bits per heavy atom. The Kier molecular flexibility index (Phi) is 7.73. The van der Waals surface area contributed by atoms with Crippen LogP contribution in [-0.2, 0) is 20.9 Å². The van der Waals surface area contributed by atoms with Crippen LogP contribution >= 0.6 is 11.6 Å². The van der Waals surface area contributed by atoms with E-state index in [0.29, 0.717) is 6.42 Å². The van der Waals surface area contributed by atoms with Crippen molar-refractivity contribution in [2.75, 3.05) is 0 Å². The van der Waals surface area contributed by atoms with Crippen molar-refractivity contribution in [3.63, 3.8) is 0 Å². The van der Waals surface area contributed by atoms with Gasteiger partial charge >= 0.3 is 11.4 Å². The summed E-state index contributed by atoms with van der Waals surface area (Å²) >= 11 is 5.19. The summed E-state index contributed by atoms with van der Waals surface area (Å²) in [5, 5.41) is 0. The van der Waals surface area contributed by atoms with E-state index < -0.39 is 17.5 Å². The summed E-state index contributed by atoms with van der Waals surface area (Å²) in [6, 6.07) is 9.40. The lowest BCUT2D eigenvalue weighted by Gasteiger charge is -2.15. The van der Waals surface area contributed by atoms with Gasteiger partial charge in [-0.15, -0.1) is 0 Å². The van der Waals surface area contributed by atoms with Crippen LogP contribution in [0.2, 0.25) is 0 Å². The smallest absolute Gasteiger partial charge is 0.404 e. The number of ether oxygens (including phenoxy) is 2. The highest BCUT2D eigenvalue weighted by Crippen LogP contribution is 2.12. The fourth-order valence-corrected chi connectivity index (χ4v) is 1.87. The van der Waals surface area contributed by atoms with E-state index in [2.05, 4.69) is 0 Å². The molecule has 4 nitrogen and oxygen atoms in total. The number of esters is 1. The molecule has 110 valence electrons. The summed E-state index contributed by atoms with van der Waals surface area (Å²) in [6.07, 6.45) is 1.94. The van der Waals surface area contributed by atoms with E-state index in [1.54, 1.807) is 0 Å². The van der Waals surface area contributed by atoms with Crippen LogP contribution in [0.25, 0.3) is 0 Å². The number of carbonyl (C=O) groups is 2. The van der Waals surface area contributed by atoms with E-state index in [9.17, 15) is 9.59 Å². The fraction of sp³-hybridized carbons (Fsp3) is 0.467. The van der Waals surface area contributed by atoms with Crippen molar-refractivity contribution < 1.29 is 19.1 Å². The molecule has 0 radical (unpaired) electrons. The van der Waals surface area contributed by atoms with Crippen molar-refractivity contribution in [1.29, 1.82) is 0 Å². The highest BCUT2D eigenvalue weighted by molar-refractivity contribution is 6.61. The minimum absolute atomic E-state index is 0.0330. The van der Waals surface area contributed by atoms with Crippen molar-refractivity contribution in [2.45, 2.75) is 45.3 Å². The van der Waals surface area contributed by atoms with Gasteiger partial charge in [-0.2, -0.15) is 0 Å². The van der Waals surface area contributed by atoms with Crippen molar-refractivity contribution in [1.82, 2.24) is 0 Å². The van der Waals surface area contributed by atoms with E-state index in [-0.39, 0.29) is 13.0 Å². The zero-order valence-electron chi connectivity index (χ0n) is 11.5. The highest BCUT2D eigenvalue weighted by atomic mass is 35.5. The predicted molar refractivity (Wildman–Crippen MR) is 76.5 cm³/mol. The molecule has 1 rings (SSSR count). The van der Waals surface area contributed by atoms with Gasteiger partial charge in [0, 0.05) is 11.6 Å². The molecular formula is C15H19ClO4. The largest absolute Gasteiger partial charge is 0.461 e. The number of carbonyl (C=O) groups excluding carboxylic acids is 2. The molecular weight excluding hydrogens is 280 g/mol. The van der Waals surface area contributed by atoms with Crippen LogP contribution < -0.4 is 0 Å². The lowest BCUT2D eigenvalue weighted by atomic mass is 10.1. The molecule has 1 atom stereocenters. The molecule has 0 spiro atoms. The average molecular weight is 299 g/mol. The monoisotopic (exact) mass is 298 g/mol. The van der Waals surface area contributed by atoms with Gasteiger partial charge in [0.25, 0.3) is 0 Å². The van der Waals surface area contributed by atoms with Crippen molar-refractivity contribution in [3.05, 3.63) is 35.9 Å². The molecule has 0 bridgehead atoms. The van der Waals surface area contributed by atoms with E-state index in [1.807, 2.05) is 37.3 Å². The maximum absolute atomic E-state index is 11.7. The summed E-state index contributed by atoms with van der Waals surface area (Å²) in [6.45, 7) is 2.24. The van der Waals surface area contributed by atoms with Crippen molar-refractivity contribution >= 4 is 23.0 Å². The molecule has 5 heteroatoms. The molecule has 0 saturated carbocycles. The summed E-state index contributed by atoms with van der Waals surface area (Å²) in [5.41, 5.74) is 0.0299. The predicted octanol–water partition coefficient (Wildman–Crippen LogP) is 4.05. The first-order chi connectivity index (χ1) is 9.61. The van der Waals surface area contributed by atoms with Gasteiger partial charge in [0.05, 0.1) is 6.42 Å². The molecule has 0 saturated heterocycles. The molecule has 0 aliphatic rings. The van der Waals surface area contributed by atoms with Crippen molar-refractivity contribution in [3.8, 4) is 0 Å². The van der Waals surface area contributed by atoms with Gasteiger partial charge in [-0.05, 0) is 12.0 Å². The SMILES string of the molecule is CCCCC(CC(=O)OCc1ccccc1)OC(=O)Cl. The van der Waals surface area contributed by atoms with Crippen LogP contribution in [0.15, 0.2) is 30.3 Å². The maximum Gasteiger partial charge on any atom is 0.404 e. The number of halogens is 1. The Morgan fingerprint density at radius 1 is 1.25 bits per heavy atom. The first-order valence-electron chi connectivity index (χ1n) is 6.67. The Morgan fingerprint density at radius 3 is 2.55 bits per heavy atom. The highest BCUT2D eigenvalue weighted by Gasteiger charge is 2.18. The molecule has 0 fully saturated rings. The second kappa shape index (κ2) is 9.37. The molecule has 1 aromatic carbocycles. The van der Waals surface area contributed by atoms with Gasteiger partial charge in [-0.3, -0.25) is 4.79 Å². The van der Waals surface area contributed by atoms with Crippen LogP contribution in [0, 0.1) is 0 Å². The third-order valence-electron chi connectivity index (χ3n) is 2.78. The Hall–Kier alpha value is -1.55. The Labute approximate surface area is 124 Å². The molecule has 1 aromatic rings. The number of hydrogen-bond acceptors (Lipinski definition) is 4. The first kappa shape index (κ1) is 16.5. The summed E-state index contributed by atoms with van der Waals surface area (Å²) < 4.78 is 10.0. The molecule has 0 amide bonds. The molecule has 0 aromatic heterocycles. The zero-order valence-corrected chi connectivity index (χ0v) is 12.3. The minimum atomic E-state index is -0.887. The molecule has 1 unspecified atom stereocenters. The quantitative estimate of drug-likeness (QED) is 0.536. The fourth-order valence-electron chi connectivity index (χ4n) is 1.75. The second-order valence-electron chi connectivity index (χ2n) is 4.47. The number of benzene rings is 1. The standard InChI is InChI=1S/C15H19ClO4/c1-2-3-9-13(20-15(16)18)10-14(17)19-11-12-7-5-4-6-8-12/h4-8,13H,2-3,9-11H2,1H3. The summed E-state index contributed by atoms with van der Waals surface area (Å²) in [5.74, 6) is -0.395. The van der Waals surface area contributed by atoms with Gasteiger partial charge in [0.2, 0.25) is 0 Å². The van der Waals surface area contributed by atoms with Gasteiger partial charge in [-0.25, -0.2) is 4.79 Å². The van der Waals surface area contributed by atoms with E-state index in [1.165, 1.54) is 0 Å². The van der Waals surface area contributed by atoms with Gasteiger partial charge < -0.3 is 9.47 Å². The van der Waals surface area contributed by atoms with Crippen molar-refractivity contribution in [2.24, 2.45) is 0 Å². The minimum Gasteiger partial charge on any atom is -0.461 e. The number of unbranched alkanes of at least 4 members (excludes halogenated alkanes) is 1.